The lowest BCUT2D eigenvalue weighted by molar-refractivity contribution is -0.0363. The molecular weight excluding hydrogens is 272 g/mol. The Hall–Kier alpha value is -1.59. The second-order valence-corrected chi connectivity index (χ2v) is 5.30. The average molecular weight is 294 g/mol. The molecule has 1 fully saturated rings. The molecule has 0 aliphatic heterocycles. The third-order valence-electron chi connectivity index (χ3n) is 3.89. The quantitative estimate of drug-likeness (QED) is 0.874. The van der Waals surface area contributed by atoms with Crippen LogP contribution in [0.15, 0.2) is 18.2 Å². The molecule has 0 amide bonds. The number of aromatic carboxylic acids is 1. The zero-order valence-corrected chi connectivity index (χ0v) is 12.5. The van der Waals surface area contributed by atoms with Gasteiger partial charge in [-0.05, 0) is 43.4 Å². The van der Waals surface area contributed by atoms with Gasteiger partial charge in [0.2, 0.25) is 0 Å². The summed E-state index contributed by atoms with van der Waals surface area (Å²) in [5.74, 6) is -0.628. The summed E-state index contributed by atoms with van der Waals surface area (Å²) in [6.45, 7) is 0.456. The lowest BCUT2D eigenvalue weighted by Gasteiger charge is -2.28. The molecule has 21 heavy (non-hydrogen) atoms. The van der Waals surface area contributed by atoms with Crippen LogP contribution in [-0.4, -0.2) is 37.5 Å². The number of carboxylic acid groups (broad SMARTS) is 1. The van der Waals surface area contributed by atoms with Gasteiger partial charge in [0.1, 0.15) is 11.3 Å². The molecule has 0 spiro atoms. The molecule has 1 aromatic rings. The van der Waals surface area contributed by atoms with Gasteiger partial charge in [-0.1, -0.05) is 6.07 Å². The Morgan fingerprint density at radius 1 is 1.29 bits per heavy atom. The van der Waals surface area contributed by atoms with Crippen molar-refractivity contribution in [3.63, 3.8) is 0 Å². The summed E-state index contributed by atoms with van der Waals surface area (Å²) in [6.07, 6.45) is 4.66. The Balaban J connectivity index is 1.95. The Kier molecular flexibility index (Phi) is 5.59. The van der Waals surface area contributed by atoms with Crippen molar-refractivity contribution < 1.29 is 24.1 Å². The fourth-order valence-corrected chi connectivity index (χ4v) is 2.68. The molecule has 2 atom stereocenters. The topological polar surface area (TPSA) is 65.0 Å². The molecule has 1 aliphatic carbocycles. The van der Waals surface area contributed by atoms with Crippen LogP contribution in [0.2, 0.25) is 0 Å². The highest BCUT2D eigenvalue weighted by Gasteiger charge is 2.22. The normalized spacial score (nSPS) is 22.0. The van der Waals surface area contributed by atoms with E-state index in [2.05, 4.69) is 0 Å². The SMILES string of the molecule is COc1cc(COC2CCCC(OC)C2)ccc1C(=O)O. The molecule has 116 valence electrons. The highest BCUT2D eigenvalue weighted by molar-refractivity contribution is 5.90. The molecule has 0 aromatic heterocycles. The Bertz CT molecular complexity index is 486. The van der Waals surface area contributed by atoms with E-state index in [0.717, 1.165) is 31.2 Å². The van der Waals surface area contributed by atoms with Gasteiger partial charge in [0, 0.05) is 7.11 Å². The smallest absolute Gasteiger partial charge is 0.339 e. The maximum absolute atomic E-state index is 11.0. The minimum Gasteiger partial charge on any atom is -0.496 e. The minimum atomic E-state index is -0.991. The van der Waals surface area contributed by atoms with Gasteiger partial charge in [-0.15, -0.1) is 0 Å². The standard InChI is InChI=1S/C16H22O5/c1-19-12-4-3-5-13(9-12)21-10-11-6-7-14(16(17)18)15(8-11)20-2/h6-8,12-13H,3-5,9-10H2,1-2H3,(H,17,18). The summed E-state index contributed by atoms with van der Waals surface area (Å²) in [7, 11) is 3.21. The first kappa shape index (κ1) is 15.8. The summed E-state index contributed by atoms with van der Waals surface area (Å²) in [4.78, 5) is 11.0. The van der Waals surface area contributed by atoms with Gasteiger partial charge in [0.05, 0.1) is 25.9 Å². The number of hydrogen-bond acceptors (Lipinski definition) is 4. The fourth-order valence-electron chi connectivity index (χ4n) is 2.68. The molecule has 1 aliphatic rings. The van der Waals surface area contributed by atoms with Crippen LogP contribution < -0.4 is 4.74 Å². The van der Waals surface area contributed by atoms with E-state index in [1.54, 1.807) is 25.3 Å². The second-order valence-electron chi connectivity index (χ2n) is 5.30. The van der Waals surface area contributed by atoms with Crippen LogP contribution in [-0.2, 0) is 16.1 Å². The van der Waals surface area contributed by atoms with E-state index in [-0.39, 0.29) is 17.8 Å². The Labute approximate surface area is 124 Å². The van der Waals surface area contributed by atoms with E-state index in [0.29, 0.717) is 12.4 Å². The van der Waals surface area contributed by atoms with Crippen molar-refractivity contribution in [2.75, 3.05) is 14.2 Å². The largest absolute Gasteiger partial charge is 0.496 e. The molecule has 2 rings (SSSR count). The maximum atomic E-state index is 11.0. The number of rotatable bonds is 6. The van der Waals surface area contributed by atoms with Crippen LogP contribution in [0.3, 0.4) is 0 Å². The third-order valence-corrected chi connectivity index (χ3v) is 3.89. The summed E-state index contributed by atoms with van der Waals surface area (Å²) in [5.41, 5.74) is 1.08. The molecule has 1 N–H and O–H groups in total. The first-order valence-corrected chi connectivity index (χ1v) is 7.18. The number of carbonyl (C=O) groups is 1. The van der Waals surface area contributed by atoms with Crippen molar-refractivity contribution in [2.24, 2.45) is 0 Å². The molecule has 5 heteroatoms. The lowest BCUT2D eigenvalue weighted by Crippen LogP contribution is -2.27. The number of carboxylic acids is 1. The summed E-state index contributed by atoms with van der Waals surface area (Å²) in [6, 6.07) is 5.04. The zero-order chi connectivity index (χ0) is 15.2. The summed E-state index contributed by atoms with van der Waals surface area (Å²) in [5, 5.41) is 9.05. The van der Waals surface area contributed by atoms with Gasteiger partial charge in [-0.3, -0.25) is 0 Å². The van der Waals surface area contributed by atoms with Gasteiger partial charge in [0.15, 0.2) is 0 Å². The van der Waals surface area contributed by atoms with Crippen molar-refractivity contribution in [2.45, 2.75) is 44.5 Å². The van der Waals surface area contributed by atoms with Crippen molar-refractivity contribution in [3.8, 4) is 5.75 Å². The number of benzene rings is 1. The second kappa shape index (κ2) is 7.43. The predicted molar refractivity (Wildman–Crippen MR) is 77.8 cm³/mol. The molecular formula is C16H22O5. The maximum Gasteiger partial charge on any atom is 0.339 e. The van der Waals surface area contributed by atoms with Gasteiger partial charge in [0.25, 0.3) is 0 Å². The van der Waals surface area contributed by atoms with E-state index in [4.69, 9.17) is 19.3 Å². The number of methoxy groups -OCH3 is 2. The molecule has 5 nitrogen and oxygen atoms in total. The molecule has 1 saturated carbocycles. The van der Waals surface area contributed by atoms with Gasteiger partial charge in [-0.25, -0.2) is 4.79 Å². The van der Waals surface area contributed by atoms with Crippen LogP contribution in [0.4, 0.5) is 0 Å². The van der Waals surface area contributed by atoms with E-state index < -0.39 is 5.97 Å². The first-order valence-electron chi connectivity index (χ1n) is 7.18. The molecule has 0 saturated heterocycles. The Morgan fingerprint density at radius 3 is 2.71 bits per heavy atom. The first-order chi connectivity index (χ1) is 10.1. The van der Waals surface area contributed by atoms with Crippen LogP contribution in [0.5, 0.6) is 5.75 Å². The van der Waals surface area contributed by atoms with E-state index >= 15 is 0 Å². The molecule has 0 bridgehead atoms. The van der Waals surface area contributed by atoms with E-state index in [9.17, 15) is 4.79 Å². The van der Waals surface area contributed by atoms with Crippen molar-refractivity contribution in [1.82, 2.24) is 0 Å². The highest BCUT2D eigenvalue weighted by atomic mass is 16.5. The van der Waals surface area contributed by atoms with Gasteiger partial charge in [-0.2, -0.15) is 0 Å². The van der Waals surface area contributed by atoms with Gasteiger partial charge >= 0.3 is 5.97 Å². The number of ether oxygens (including phenoxy) is 3. The van der Waals surface area contributed by atoms with Gasteiger partial charge < -0.3 is 19.3 Å². The molecule has 0 radical (unpaired) electrons. The average Bonchev–Trinajstić information content (AvgIpc) is 2.52. The van der Waals surface area contributed by atoms with Crippen LogP contribution >= 0.6 is 0 Å². The van der Waals surface area contributed by atoms with Crippen molar-refractivity contribution in [1.29, 1.82) is 0 Å². The molecule has 1 aromatic carbocycles. The van der Waals surface area contributed by atoms with E-state index in [1.807, 2.05) is 0 Å². The number of hydrogen-bond donors (Lipinski definition) is 1. The minimum absolute atomic E-state index is 0.165. The molecule has 0 heterocycles. The predicted octanol–water partition coefficient (Wildman–Crippen LogP) is 2.87. The van der Waals surface area contributed by atoms with Crippen LogP contribution in [0.25, 0.3) is 0 Å². The molecule has 2 unspecified atom stereocenters. The third kappa shape index (κ3) is 4.19. The van der Waals surface area contributed by atoms with Crippen molar-refractivity contribution >= 4 is 5.97 Å². The summed E-state index contributed by atoms with van der Waals surface area (Å²) < 4.78 is 16.4. The van der Waals surface area contributed by atoms with Crippen LogP contribution in [0.1, 0.15) is 41.6 Å². The zero-order valence-electron chi connectivity index (χ0n) is 12.5. The monoisotopic (exact) mass is 294 g/mol. The lowest BCUT2D eigenvalue weighted by atomic mass is 9.95. The van der Waals surface area contributed by atoms with Crippen LogP contribution in [0, 0.1) is 0 Å². The highest BCUT2D eigenvalue weighted by Crippen LogP contribution is 2.25. The fraction of sp³-hybridized carbons (Fsp3) is 0.562. The summed E-state index contributed by atoms with van der Waals surface area (Å²) >= 11 is 0. The van der Waals surface area contributed by atoms with E-state index in [1.165, 1.54) is 7.11 Å². The Morgan fingerprint density at radius 2 is 2.05 bits per heavy atom. The van der Waals surface area contributed by atoms with Crippen molar-refractivity contribution in [3.05, 3.63) is 29.3 Å².